The molecule has 1 saturated heterocycles. The Kier molecular flexibility index (Phi) is 3.34. The molecule has 100 valence electrons. The van der Waals surface area contributed by atoms with Gasteiger partial charge in [0.05, 0.1) is 11.0 Å². The van der Waals surface area contributed by atoms with Crippen molar-refractivity contribution < 1.29 is 0 Å². The molecule has 0 aromatic carbocycles. The predicted octanol–water partition coefficient (Wildman–Crippen LogP) is 2.08. The highest BCUT2D eigenvalue weighted by Crippen LogP contribution is 2.15. The molecular formula is C15H19N3O. The molecule has 0 amide bonds. The van der Waals surface area contributed by atoms with Crippen LogP contribution in [0.2, 0.25) is 0 Å². The molecule has 2 aromatic heterocycles. The average Bonchev–Trinajstić information content (AvgIpc) is 2.90. The van der Waals surface area contributed by atoms with Crippen molar-refractivity contribution in [2.75, 3.05) is 13.1 Å². The first-order chi connectivity index (χ1) is 9.26. The maximum absolute atomic E-state index is 11.8. The fourth-order valence-corrected chi connectivity index (χ4v) is 2.71. The van der Waals surface area contributed by atoms with Gasteiger partial charge in [-0.1, -0.05) is 6.92 Å². The molecule has 1 aliphatic heterocycles. The first-order valence-electron chi connectivity index (χ1n) is 6.99. The largest absolute Gasteiger partial charge is 0.320 e. The minimum Gasteiger partial charge on any atom is -0.320 e. The molecule has 1 N–H and O–H groups in total. The van der Waals surface area contributed by atoms with Crippen molar-refractivity contribution in [2.45, 2.75) is 32.7 Å². The van der Waals surface area contributed by atoms with Crippen LogP contribution in [0.1, 0.15) is 30.9 Å². The fraction of sp³-hybridized carbons (Fsp3) is 0.467. The summed E-state index contributed by atoms with van der Waals surface area (Å²) in [5, 5.41) is 0. The van der Waals surface area contributed by atoms with Crippen LogP contribution >= 0.6 is 0 Å². The van der Waals surface area contributed by atoms with E-state index in [0.717, 1.165) is 29.6 Å². The fourth-order valence-electron chi connectivity index (χ4n) is 2.71. The summed E-state index contributed by atoms with van der Waals surface area (Å²) >= 11 is 0. The van der Waals surface area contributed by atoms with Gasteiger partial charge in [0.1, 0.15) is 0 Å². The Morgan fingerprint density at radius 2 is 2.11 bits per heavy atom. The number of hydrogen-bond acceptors (Lipinski definition) is 3. The third-order valence-electron chi connectivity index (χ3n) is 3.81. The number of aryl methyl sites for hydroxylation is 1. The lowest BCUT2D eigenvalue weighted by Crippen LogP contribution is -2.18. The summed E-state index contributed by atoms with van der Waals surface area (Å²) in [5.74, 6) is 0. The van der Waals surface area contributed by atoms with Gasteiger partial charge in [-0.25, -0.2) is 0 Å². The smallest absolute Gasteiger partial charge is 0.251 e. The molecule has 0 unspecified atom stereocenters. The second kappa shape index (κ2) is 5.13. The Bertz CT molecular complexity index is 641. The lowest BCUT2D eigenvalue weighted by molar-refractivity contribution is 0.331. The van der Waals surface area contributed by atoms with Crippen LogP contribution in [0.5, 0.6) is 0 Å². The molecule has 0 spiro atoms. The third-order valence-corrected chi connectivity index (χ3v) is 3.81. The molecule has 3 rings (SSSR count). The average molecular weight is 257 g/mol. The Hall–Kier alpha value is -1.68. The molecule has 0 bridgehead atoms. The molecule has 4 heteroatoms. The summed E-state index contributed by atoms with van der Waals surface area (Å²) in [6.45, 7) is 5.26. The van der Waals surface area contributed by atoms with E-state index in [1.165, 1.54) is 31.5 Å². The molecule has 3 heterocycles. The van der Waals surface area contributed by atoms with Gasteiger partial charge in [0, 0.05) is 18.3 Å². The van der Waals surface area contributed by atoms with Crippen molar-refractivity contribution in [1.29, 1.82) is 0 Å². The van der Waals surface area contributed by atoms with Crippen LogP contribution in [0.4, 0.5) is 0 Å². The lowest BCUT2D eigenvalue weighted by atomic mass is 10.1. The van der Waals surface area contributed by atoms with Gasteiger partial charge < -0.3 is 4.98 Å². The van der Waals surface area contributed by atoms with Gasteiger partial charge in [-0.15, -0.1) is 0 Å². The first-order valence-corrected chi connectivity index (χ1v) is 6.99. The molecule has 0 aliphatic carbocycles. The maximum atomic E-state index is 11.8. The zero-order chi connectivity index (χ0) is 13.2. The number of H-pyrrole nitrogens is 1. The summed E-state index contributed by atoms with van der Waals surface area (Å²) in [7, 11) is 0. The standard InChI is InChI=1S/C15H19N3O/c1-2-12-8-13-14(17-15(12)19)7-11(9-16-13)10-18-5-3-4-6-18/h7-9H,2-6,10H2,1H3,(H,17,19). The number of hydrogen-bond donors (Lipinski definition) is 1. The molecule has 0 radical (unpaired) electrons. The minimum absolute atomic E-state index is 0.00937. The zero-order valence-corrected chi connectivity index (χ0v) is 11.3. The van der Waals surface area contributed by atoms with E-state index in [1.54, 1.807) is 0 Å². The van der Waals surface area contributed by atoms with Crippen LogP contribution in [-0.4, -0.2) is 28.0 Å². The molecule has 1 aliphatic rings. The van der Waals surface area contributed by atoms with E-state index in [1.807, 2.05) is 19.2 Å². The lowest BCUT2D eigenvalue weighted by Gasteiger charge is -2.14. The second-order valence-electron chi connectivity index (χ2n) is 5.24. The van der Waals surface area contributed by atoms with Crippen LogP contribution in [0.15, 0.2) is 23.1 Å². The van der Waals surface area contributed by atoms with Crippen LogP contribution in [0.25, 0.3) is 11.0 Å². The van der Waals surface area contributed by atoms with Gasteiger partial charge in [-0.3, -0.25) is 14.7 Å². The highest BCUT2D eigenvalue weighted by Gasteiger charge is 2.12. The minimum atomic E-state index is 0.00937. The van der Waals surface area contributed by atoms with Gasteiger partial charge in [0.15, 0.2) is 0 Å². The number of aromatic nitrogens is 2. The van der Waals surface area contributed by atoms with Crippen molar-refractivity contribution in [1.82, 2.24) is 14.9 Å². The number of nitrogens with zero attached hydrogens (tertiary/aromatic N) is 2. The SMILES string of the molecule is CCc1cc2ncc(CN3CCCC3)cc2[nH]c1=O. The van der Waals surface area contributed by atoms with E-state index in [-0.39, 0.29) is 5.56 Å². The maximum Gasteiger partial charge on any atom is 0.251 e. The highest BCUT2D eigenvalue weighted by atomic mass is 16.1. The number of aromatic amines is 1. The number of pyridine rings is 2. The zero-order valence-electron chi connectivity index (χ0n) is 11.3. The van der Waals surface area contributed by atoms with Crippen LogP contribution < -0.4 is 5.56 Å². The second-order valence-corrected chi connectivity index (χ2v) is 5.24. The molecule has 2 aromatic rings. The topological polar surface area (TPSA) is 49.0 Å². The predicted molar refractivity (Wildman–Crippen MR) is 76.3 cm³/mol. The summed E-state index contributed by atoms with van der Waals surface area (Å²) in [4.78, 5) is 21.7. The first kappa shape index (κ1) is 12.4. The Balaban J connectivity index is 1.93. The number of fused-ring (bicyclic) bond motifs is 1. The van der Waals surface area contributed by atoms with Crippen molar-refractivity contribution >= 4 is 11.0 Å². The van der Waals surface area contributed by atoms with Crippen molar-refractivity contribution in [3.8, 4) is 0 Å². The third kappa shape index (κ3) is 2.54. The van der Waals surface area contributed by atoms with E-state index in [9.17, 15) is 4.79 Å². The Labute approximate surface area is 112 Å². The molecular weight excluding hydrogens is 238 g/mol. The molecule has 19 heavy (non-hydrogen) atoms. The van der Waals surface area contributed by atoms with Crippen LogP contribution in [0.3, 0.4) is 0 Å². The van der Waals surface area contributed by atoms with Crippen LogP contribution in [0, 0.1) is 0 Å². The quantitative estimate of drug-likeness (QED) is 0.916. The molecule has 1 fully saturated rings. The van der Waals surface area contributed by atoms with Gasteiger partial charge in [-0.2, -0.15) is 0 Å². The molecule has 0 saturated carbocycles. The van der Waals surface area contributed by atoms with E-state index >= 15 is 0 Å². The summed E-state index contributed by atoms with van der Waals surface area (Å²) < 4.78 is 0. The normalized spacial score (nSPS) is 16.3. The summed E-state index contributed by atoms with van der Waals surface area (Å²) in [5.41, 5.74) is 3.71. The van der Waals surface area contributed by atoms with E-state index in [4.69, 9.17) is 0 Å². The van der Waals surface area contributed by atoms with Gasteiger partial charge in [0.2, 0.25) is 0 Å². The highest BCUT2D eigenvalue weighted by molar-refractivity contribution is 5.74. The van der Waals surface area contributed by atoms with Gasteiger partial charge in [-0.05, 0) is 50.0 Å². The molecule has 4 nitrogen and oxygen atoms in total. The molecule has 0 atom stereocenters. The Morgan fingerprint density at radius 1 is 1.32 bits per heavy atom. The monoisotopic (exact) mass is 257 g/mol. The van der Waals surface area contributed by atoms with Crippen LogP contribution in [-0.2, 0) is 13.0 Å². The van der Waals surface area contributed by atoms with Gasteiger partial charge in [0.25, 0.3) is 5.56 Å². The summed E-state index contributed by atoms with van der Waals surface area (Å²) in [6.07, 6.45) is 5.25. The summed E-state index contributed by atoms with van der Waals surface area (Å²) in [6, 6.07) is 3.95. The Morgan fingerprint density at radius 3 is 2.84 bits per heavy atom. The van der Waals surface area contributed by atoms with Crippen molar-refractivity contribution in [3.63, 3.8) is 0 Å². The number of likely N-dealkylation sites (tertiary alicyclic amines) is 1. The van der Waals surface area contributed by atoms with E-state index < -0.39 is 0 Å². The van der Waals surface area contributed by atoms with Crippen molar-refractivity contribution in [3.05, 3.63) is 39.8 Å². The van der Waals surface area contributed by atoms with Gasteiger partial charge >= 0.3 is 0 Å². The van der Waals surface area contributed by atoms with E-state index in [2.05, 4.69) is 20.9 Å². The number of nitrogens with one attached hydrogen (secondary N) is 1. The number of rotatable bonds is 3. The van der Waals surface area contributed by atoms with Crippen molar-refractivity contribution in [2.24, 2.45) is 0 Å². The van der Waals surface area contributed by atoms with E-state index in [0.29, 0.717) is 0 Å².